The normalized spacial score (nSPS) is 24.2. The molecule has 0 aliphatic heterocycles. The molecule has 0 heterocycles. The first-order valence-corrected chi connectivity index (χ1v) is 5.72. The van der Waals surface area contributed by atoms with Crippen molar-refractivity contribution in [2.75, 3.05) is 0 Å². The Hall–Kier alpha value is -1.64. The molecule has 0 bridgehead atoms. The lowest BCUT2D eigenvalue weighted by molar-refractivity contribution is -0.142. The third-order valence-corrected chi connectivity index (χ3v) is 3.36. The molecule has 1 aromatic rings. The van der Waals surface area contributed by atoms with Crippen LogP contribution in [-0.4, -0.2) is 11.1 Å². The van der Waals surface area contributed by atoms with Gasteiger partial charge in [0.05, 0.1) is 5.92 Å². The molecule has 90 valence electrons. The molecule has 0 aromatic heterocycles. The lowest BCUT2D eigenvalue weighted by atomic mass is 9.76. The summed E-state index contributed by atoms with van der Waals surface area (Å²) in [5.74, 6) is -1.51. The number of hydrogen-bond acceptors (Lipinski definition) is 1. The Bertz CT molecular complexity index is 448. The second-order valence-corrected chi connectivity index (χ2v) is 4.59. The van der Waals surface area contributed by atoms with E-state index >= 15 is 0 Å². The Kier molecular flexibility index (Phi) is 3.27. The third kappa shape index (κ3) is 2.54. The van der Waals surface area contributed by atoms with Crippen molar-refractivity contribution < 1.29 is 14.3 Å². The molecule has 1 N–H and O–H groups in total. The van der Waals surface area contributed by atoms with E-state index in [1.807, 2.05) is 13.0 Å². The van der Waals surface area contributed by atoms with Gasteiger partial charge >= 0.3 is 5.97 Å². The van der Waals surface area contributed by atoms with Crippen LogP contribution in [0.1, 0.15) is 31.2 Å². The largest absolute Gasteiger partial charge is 0.481 e. The molecule has 1 aliphatic rings. The van der Waals surface area contributed by atoms with Gasteiger partial charge in [-0.1, -0.05) is 23.8 Å². The number of benzene rings is 1. The topological polar surface area (TPSA) is 37.3 Å². The quantitative estimate of drug-likeness (QED) is 0.797. The van der Waals surface area contributed by atoms with E-state index in [4.69, 9.17) is 0 Å². The molecule has 0 saturated heterocycles. The van der Waals surface area contributed by atoms with Crippen LogP contribution < -0.4 is 0 Å². The molecule has 0 saturated carbocycles. The molecule has 0 radical (unpaired) electrons. The van der Waals surface area contributed by atoms with Gasteiger partial charge in [-0.2, -0.15) is 0 Å². The van der Waals surface area contributed by atoms with Gasteiger partial charge in [-0.25, -0.2) is 4.39 Å². The van der Waals surface area contributed by atoms with E-state index in [0.717, 1.165) is 12.0 Å². The van der Waals surface area contributed by atoms with Crippen molar-refractivity contribution in [1.29, 1.82) is 0 Å². The van der Waals surface area contributed by atoms with Crippen LogP contribution in [0.2, 0.25) is 0 Å². The summed E-state index contributed by atoms with van der Waals surface area (Å²) >= 11 is 0. The van der Waals surface area contributed by atoms with Crippen molar-refractivity contribution >= 4 is 5.97 Å². The number of carboxylic acid groups (broad SMARTS) is 1. The van der Waals surface area contributed by atoms with Crippen molar-refractivity contribution in [2.24, 2.45) is 5.92 Å². The van der Waals surface area contributed by atoms with Gasteiger partial charge in [-0.05, 0) is 37.5 Å². The van der Waals surface area contributed by atoms with Crippen molar-refractivity contribution in [1.82, 2.24) is 0 Å². The maximum Gasteiger partial charge on any atom is 0.307 e. The summed E-state index contributed by atoms with van der Waals surface area (Å²) < 4.78 is 12.9. The molecule has 3 heteroatoms. The van der Waals surface area contributed by atoms with Gasteiger partial charge in [0, 0.05) is 5.92 Å². The van der Waals surface area contributed by atoms with Crippen LogP contribution in [0.5, 0.6) is 0 Å². The summed E-state index contributed by atoms with van der Waals surface area (Å²) in [5, 5.41) is 9.21. The van der Waals surface area contributed by atoms with Crippen molar-refractivity contribution in [2.45, 2.75) is 25.7 Å². The zero-order valence-electron chi connectivity index (χ0n) is 9.69. The first kappa shape index (κ1) is 11.8. The first-order chi connectivity index (χ1) is 8.08. The predicted molar refractivity (Wildman–Crippen MR) is 63.3 cm³/mol. The van der Waals surface area contributed by atoms with E-state index in [1.54, 1.807) is 12.1 Å². The Labute approximate surface area is 99.8 Å². The summed E-state index contributed by atoms with van der Waals surface area (Å²) in [4.78, 5) is 11.2. The van der Waals surface area contributed by atoms with Gasteiger partial charge in [0.2, 0.25) is 0 Å². The van der Waals surface area contributed by atoms with E-state index < -0.39 is 11.9 Å². The van der Waals surface area contributed by atoms with Gasteiger partial charge in [0.15, 0.2) is 0 Å². The van der Waals surface area contributed by atoms with Crippen LogP contribution in [0.15, 0.2) is 35.9 Å². The summed E-state index contributed by atoms with van der Waals surface area (Å²) in [6, 6.07) is 6.16. The predicted octanol–water partition coefficient (Wildman–Crippen LogP) is 3.35. The van der Waals surface area contributed by atoms with E-state index in [9.17, 15) is 14.3 Å². The lowest BCUT2D eigenvalue weighted by Gasteiger charge is -2.28. The molecular weight excluding hydrogens is 219 g/mol. The highest BCUT2D eigenvalue weighted by molar-refractivity contribution is 5.72. The standard InChI is InChI=1S/C14H15FO2/c1-9-2-7-12(14(16)17)13(8-9)10-3-5-11(15)6-4-10/h2-6,12-13H,7-8H2,1H3,(H,16,17)/t12-,13-/m1/s1. The smallest absolute Gasteiger partial charge is 0.307 e. The summed E-state index contributed by atoms with van der Waals surface area (Å²) in [6.07, 6.45) is 3.28. The molecule has 1 aromatic carbocycles. The SMILES string of the molecule is CC1=CC[C@@H](C(=O)O)[C@@H](c2ccc(F)cc2)C1. The molecular formula is C14H15FO2. The molecule has 1 aliphatic carbocycles. The maximum atomic E-state index is 12.9. The molecule has 0 fully saturated rings. The van der Waals surface area contributed by atoms with Crippen LogP contribution >= 0.6 is 0 Å². The van der Waals surface area contributed by atoms with Crippen molar-refractivity contribution in [3.63, 3.8) is 0 Å². The van der Waals surface area contributed by atoms with Crippen LogP contribution in [0.25, 0.3) is 0 Å². The van der Waals surface area contributed by atoms with E-state index in [0.29, 0.717) is 6.42 Å². The number of aliphatic carboxylic acids is 1. The highest BCUT2D eigenvalue weighted by Gasteiger charge is 2.31. The molecule has 0 amide bonds. The van der Waals surface area contributed by atoms with Crippen LogP contribution in [0.4, 0.5) is 4.39 Å². The van der Waals surface area contributed by atoms with Gasteiger partial charge in [0.25, 0.3) is 0 Å². The van der Waals surface area contributed by atoms with Gasteiger partial charge in [-0.15, -0.1) is 0 Å². The van der Waals surface area contributed by atoms with E-state index in [2.05, 4.69) is 0 Å². The van der Waals surface area contributed by atoms with Crippen LogP contribution in [0.3, 0.4) is 0 Å². The Balaban J connectivity index is 2.31. The number of allylic oxidation sites excluding steroid dienone is 2. The van der Waals surface area contributed by atoms with Crippen LogP contribution in [-0.2, 0) is 4.79 Å². The second kappa shape index (κ2) is 4.70. The fourth-order valence-electron chi connectivity index (χ4n) is 2.40. The second-order valence-electron chi connectivity index (χ2n) is 4.59. The monoisotopic (exact) mass is 234 g/mol. The van der Waals surface area contributed by atoms with Gasteiger partial charge in [-0.3, -0.25) is 4.79 Å². The zero-order chi connectivity index (χ0) is 12.4. The minimum absolute atomic E-state index is 0.0434. The first-order valence-electron chi connectivity index (χ1n) is 5.72. The number of rotatable bonds is 2. The highest BCUT2D eigenvalue weighted by Crippen LogP contribution is 2.37. The third-order valence-electron chi connectivity index (χ3n) is 3.36. The Morgan fingerprint density at radius 2 is 2.00 bits per heavy atom. The lowest BCUT2D eigenvalue weighted by Crippen LogP contribution is -2.24. The van der Waals surface area contributed by atoms with Crippen molar-refractivity contribution in [3.8, 4) is 0 Å². The number of carboxylic acids is 1. The molecule has 2 rings (SSSR count). The highest BCUT2D eigenvalue weighted by atomic mass is 19.1. The minimum Gasteiger partial charge on any atom is -0.481 e. The Morgan fingerprint density at radius 3 is 2.59 bits per heavy atom. The summed E-state index contributed by atoms with van der Waals surface area (Å²) in [6.45, 7) is 2.01. The summed E-state index contributed by atoms with van der Waals surface area (Å²) in [5.41, 5.74) is 2.11. The number of halogens is 1. The van der Waals surface area contributed by atoms with Gasteiger partial charge in [0.1, 0.15) is 5.82 Å². The fraction of sp³-hybridized carbons (Fsp3) is 0.357. The summed E-state index contributed by atoms with van der Waals surface area (Å²) in [7, 11) is 0. The van der Waals surface area contributed by atoms with E-state index in [-0.39, 0.29) is 11.7 Å². The minimum atomic E-state index is -0.775. The fourth-order valence-corrected chi connectivity index (χ4v) is 2.40. The molecule has 17 heavy (non-hydrogen) atoms. The number of carbonyl (C=O) groups is 1. The molecule has 0 unspecified atom stereocenters. The molecule has 2 nitrogen and oxygen atoms in total. The van der Waals surface area contributed by atoms with Crippen molar-refractivity contribution in [3.05, 3.63) is 47.3 Å². The zero-order valence-corrected chi connectivity index (χ0v) is 9.69. The average Bonchev–Trinajstić information content (AvgIpc) is 2.29. The maximum absolute atomic E-state index is 12.9. The van der Waals surface area contributed by atoms with E-state index in [1.165, 1.54) is 17.7 Å². The number of hydrogen-bond donors (Lipinski definition) is 1. The van der Waals surface area contributed by atoms with Gasteiger partial charge < -0.3 is 5.11 Å². The Morgan fingerprint density at radius 1 is 1.35 bits per heavy atom. The molecule has 0 spiro atoms. The van der Waals surface area contributed by atoms with Crippen LogP contribution in [0, 0.1) is 11.7 Å². The average molecular weight is 234 g/mol. The molecule has 2 atom stereocenters.